The minimum absolute atomic E-state index is 0.0193. The fourth-order valence-electron chi connectivity index (χ4n) is 2.43. The number of nitro benzene ring substituents is 1. The monoisotopic (exact) mass is 395 g/mol. The summed E-state index contributed by atoms with van der Waals surface area (Å²) in [6, 6.07) is 8.04. The quantitative estimate of drug-likeness (QED) is 0.572. The number of anilines is 1. The van der Waals surface area contributed by atoms with E-state index in [1.807, 2.05) is 0 Å². The third kappa shape index (κ3) is 4.47. The van der Waals surface area contributed by atoms with Gasteiger partial charge in [0.25, 0.3) is 11.6 Å². The van der Waals surface area contributed by atoms with Gasteiger partial charge in [0, 0.05) is 30.8 Å². The van der Waals surface area contributed by atoms with Gasteiger partial charge in [0.1, 0.15) is 5.82 Å². The number of carbonyl (C=O) groups is 1. The number of nitro groups is 1. The van der Waals surface area contributed by atoms with Crippen LogP contribution < -0.4 is 5.32 Å². The predicted molar refractivity (Wildman–Crippen MR) is 97.6 cm³/mol. The minimum Gasteiger partial charge on any atom is -0.319 e. The molecule has 0 unspecified atom stereocenters. The first-order valence-corrected chi connectivity index (χ1v) is 9.50. The molecule has 144 valence electrons. The number of nitrogens with one attached hydrogen (secondary N) is 1. The van der Waals surface area contributed by atoms with E-state index in [1.165, 1.54) is 28.6 Å². The molecule has 0 spiro atoms. The lowest BCUT2D eigenvalue weighted by molar-refractivity contribution is -0.384. The molecule has 0 aliphatic rings. The molecule has 10 heteroatoms. The third-order valence-corrected chi connectivity index (χ3v) is 5.89. The lowest BCUT2D eigenvalue weighted by Gasteiger charge is -2.18. The van der Waals surface area contributed by atoms with E-state index in [0.717, 1.165) is 18.2 Å². The van der Waals surface area contributed by atoms with E-state index in [4.69, 9.17) is 0 Å². The van der Waals surface area contributed by atoms with Crippen molar-refractivity contribution >= 4 is 27.3 Å². The van der Waals surface area contributed by atoms with Crippen LogP contribution in [0.15, 0.2) is 47.4 Å². The summed E-state index contributed by atoms with van der Waals surface area (Å²) < 4.78 is 40.2. The first kappa shape index (κ1) is 20.5. The number of carbonyl (C=O) groups excluding carboxylic acids is 1. The van der Waals surface area contributed by atoms with Gasteiger partial charge < -0.3 is 5.32 Å². The van der Waals surface area contributed by atoms with E-state index in [9.17, 15) is 27.7 Å². The predicted octanol–water partition coefficient (Wildman–Crippen LogP) is 3.02. The van der Waals surface area contributed by atoms with E-state index >= 15 is 0 Å². The number of hydrogen-bond donors (Lipinski definition) is 1. The Bertz CT molecular complexity index is 974. The topological polar surface area (TPSA) is 110 Å². The molecule has 2 aromatic carbocycles. The third-order valence-electron chi connectivity index (χ3n) is 3.85. The molecule has 0 bridgehead atoms. The summed E-state index contributed by atoms with van der Waals surface area (Å²) in [6.07, 6.45) is 0. The normalized spacial score (nSPS) is 11.4. The van der Waals surface area contributed by atoms with Gasteiger partial charge in [-0.25, -0.2) is 12.8 Å². The zero-order valence-corrected chi connectivity index (χ0v) is 15.5. The van der Waals surface area contributed by atoms with E-state index in [1.54, 1.807) is 13.8 Å². The lowest BCUT2D eigenvalue weighted by Crippen LogP contribution is -2.30. The van der Waals surface area contributed by atoms with Crippen LogP contribution in [0.25, 0.3) is 0 Å². The van der Waals surface area contributed by atoms with Gasteiger partial charge in [-0.1, -0.05) is 19.9 Å². The summed E-state index contributed by atoms with van der Waals surface area (Å²) in [7, 11) is -3.77. The fraction of sp³-hybridized carbons (Fsp3) is 0.235. The molecule has 0 saturated carbocycles. The number of amides is 1. The standard InChI is InChI=1S/C17H18FN3O5S/c1-3-20(4-2)27(25,26)14-7-5-6-12(10-14)17(22)19-16-11-13(21(23)24)8-9-15(16)18/h5-11H,3-4H2,1-2H3,(H,19,22). The van der Waals surface area contributed by atoms with Crippen LogP contribution in [-0.2, 0) is 10.0 Å². The van der Waals surface area contributed by atoms with Crippen molar-refractivity contribution in [3.8, 4) is 0 Å². The summed E-state index contributed by atoms with van der Waals surface area (Å²) in [6.45, 7) is 3.94. The maximum absolute atomic E-state index is 13.8. The Balaban J connectivity index is 2.34. The van der Waals surface area contributed by atoms with Gasteiger partial charge >= 0.3 is 0 Å². The number of halogens is 1. The van der Waals surface area contributed by atoms with Crippen molar-refractivity contribution in [1.82, 2.24) is 4.31 Å². The van der Waals surface area contributed by atoms with Gasteiger partial charge in [-0.15, -0.1) is 0 Å². The highest BCUT2D eigenvalue weighted by atomic mass is 32.2. The summed E-state index contributed by atoms with van der Waals surface area (Å²) in [5.74, 6) is -1.63. The van der Waals surface area contributed by atoms with Gasteiger partial charge in [0.15, 0.2) is 0 Å². The van der Waals surface area contributed by atoms with Gasteiger partial charge in [0.05, 0.1) is 15.5 Å². The molecule has 1 amide bonds. The van der Waals surface area contributed by atoms with Crippen molar-refractivity contribution in [3.05, 3.63) is 64.0 Å². The van der Waals surface area contributed by atoms with Crippen LogP contribution in [0.3, 0.4) is 0 Å². The second-order valence-electron chi connectivity index (χ2n) is 5.49. The summed E-state index contributed by atoms with van der Waals surface area (Å²) in [4.78, 5) is 22.4. The number of nitrogens with zero attached hydrogens (tertiary/aromatic N) is 2. The number of non-ortho nitro benzene ring substituents is 1. The largest absolute Gasteiger partial charge is 0.319 e. The molecule has 0 atom stereocenters. The molecule has 1 N–H and O–H groups in total. The summed E-state index contributed by atoms with van der Waals surface area (Å²) in [5.41, 5.74) is -0.773. The van der Waals surface area contributed by atoms with Gasteiger partial charge in [-0.3, -0.25) is 14.9 Å². The van der Waals surface area contributed by atoms with Crippen LogP contribution in [0.5, 0.6) is 0 Å². The molecular formula is C17H18FN3O5S. The van der Waals surface area contributed by atoms with Gasteiger partial charge in [-0.05, 0) is 24.3 Å². The Hall–Kier alpha value is -2.85. The van der Waals surface area contributed by atoms with Crippen LogP contribution in [0, 0.1) is 15.9 Å². The van der Waals surface area contributed by atoms with E-state index in [-0.39, 0.29) is 34.9 Å². The van der Waals surface area contributed by atoms with Crippen LogP contribution in [0.1, 0.15) is 24.2 Å². The number of benzene rings is 2. The fourth-order valence-corrected chi connectivity index (χ4v) is 3.93. The number of hydrogen-bond acceptors (Lipinski definition) is 5. The molecular weight excluding hydrogens is 377 g/mol. The van der Waals surface area contributed by atoms with Crippen molar-refractivity contribution in [2.24, 2.45) is 0 Å². The second-order valence-corrected chi connectivity index (χ2v) is 7.43. The molecule has 0 fully saturated rings. The molecule has 27 heavy (non-hydrogen) atoms. The summed E-state index contributed by atoms with van der Waals surface area (Å²) in [5, 5.41) is 13.0. The Morgan fingerprint density at radius 1 is 1.19 bits per heavy atom. The van der Waals surface area contributed by atoms with E-state index in [2.05, 4.69) is 5.32 Å². The maximum atomic E-state index is 13.8. The Morgan fingerprint density at radius 2 is 1.85 bits per heavy atom. The highest BCUT2D eigenvalue weighted by molar-refractivity contribution is 7.89. The lowest BCUT2D eigenvalue weighted by atomic mass is 10.2. The highest BCUT2D eigenvalue weighted by Crippen LogP contribution is 2.23. The van der Waals surface area contributed by atoms with Crippen molar-refractivity contribution in [3.63, 3.8) is 0 Å². The first-order valence-electron chi connectivity index (χ1n) is 8.06. The Morgan fingerprint density at radius 3 is 2.44 bits per heavy atom. The second kappa shape index (κ2) is 8.23. The molecule has 0 aliphatic carbocycles. The Labute approximate surface area is 155 Å². The zero-order valence-electron chi connectivity index (χ0n) is 14.7. The molecule has 0 radical (unpaired) electrons. The molecule has 0 heterocycles. The molecule has 0 saturated heterocycles. The zero-order chi connectivity index (χ0) is 20.2. The van der Waals surface area contributed by atoms with Crippen LogP contribution >= 0.6 is 0 Å². The van der Waals surface area contributed by atoms with E-state index in [0.29, 0.717) is 0 Å². The average molecular weight is 395 g/mol. The molecule has 0 aliphatic heterocycles. The molecule has 0 aromatic heterocycles. The average Bonchev–Trinajstić information content (AvgIpc) is 2.64. The minimum atomic E-state index is -3.77. The molecule has 2 aromatic rings. The van der Waals surface area contributed by atoms with Crippen LogP contribution in [0.4, 0.5) is 15.8 Å². The molecule has 2 rings (SSSR count). The highest BCUT2D eigenvalue weighted by Gasteiger charge is 2.23. The van der Waals surface area contributed by atoms with Crippen molar-refractivity contribution in [2.75, 3.05) is 18.4 Å². The molecule has 8 nitrogen and oxygen atoms in total. The smallest absolute Gasteiger partial charge is 0.271 e. The van der Waals surface area contributed by atoms with Gasteiger partial charge in [0.2, 0.25) is 10.0 Å². The first-order chi connectivity index (χ1) is 12.7. The van der Waals surface area contributed by atoms with Crippen molar-refractivity contribution < 1.29 is 22.5 Å². The number of sulfonamides is 1. The van der Waals surface area contributed by atoms with Crippen LogP contribution in [0.2, 0.25) is 0 Å². The van der Waals surface area contributed by atoms with Crippen molar-refractivity contribution in [2.45, 2.75) is 18.7 Å². The number of rotatable bonds is 7. The van der Waals surface area contributed by atoms with E-state index < -0.39 is 26.7 Å². The summed E-state index contributed by atoms with van der Waals surface area (Å²) >= 11 is 0. The van der Waals surface area contributed by atoms with Crippen molar-refractivity contribution in [1.29, 1.82) is 0 Å². The maximum Gasteiger partial charge on any atom is 0.271 e. The van der Waals surface area contributed by atoms with Crippen LogP contribution in [-0.4, -0.2) is 36.6 Å². The SMILES string of the molecule is CCN(CC)S(=O)(=O)c1cccc(C(=O)Nc2cc([N+](=O)[O-])ccc2F)c1. The van der Waals surface area contributed by atoms with Gasteiger partial charge in [-0.2, -0.15) is 4.31 Å². The Kier molecular flexibility index (Phi) is 6.24.